The quantitative estimate of drug-likeness (QED) is 0.597. The van der Waals surface area contributed by atoms with E-state index in [-0.39, 0.29) is 6.10 Å². The lowest BCUT2D eigenvalue weighted by molar-refractivity contribution is 0.157. The Morgan fingerprint density at radius 2 is 2.23 bits per heavy atom. The summed E-state index contributed by atoms with van der Waals surface area (Å²) < 4.78 is 0. The molecule has 1 heterocycles. The summed E-state index contributed by atoms with van der Waals surface area (Å²) in [6, 6.07) is 0. The third-order valence-corrected chi connectivity index (χ3v) is 2.39. The number of nitrogens with zero attached hydrogens (tertiary/aromatic N) is 2. The third kappa shape index (κ3) is 1.49. The molecule has 70 valence electrons. The number of aryl methyl sites for hydroxylation is 1. The van der Waals surface area contributed by atoms with Gasteiger partial charge in [-0.25, -0.2) is 9.97 Å². The maximum Gasteiger partial charge on any atom is 0.130 e. The predicted octanol–water partition coefficient (Wildman–Crippen LogP) is 0.217. The number of aliphatic hydroxyl groups is 1. The highest BCUT2D eigenvalue weighted by atomic mass is 16.3. The molecule has 1 aliphatic carbocycles. The second-order valence-electron chi connectivity index (χ2n) is 3.48. The lowest BCUT2D eigenvalue weighted by Gasteiger charge is -2.20. The Morgan fingerprint density at radius 1 is 1.46 bits per heavy atom. The molecular formula is C9H13N3O. The van der Waals surface area contributed by atoms with Crippen molar-refractivity contribution in [2.75, 3.05) is 5.73 Å². The lowest BCUT2D eigenvalue weighted by atomic mass is 9.94. The van der Waals surface area contributed by atoms with Crippen LogP contribution in [0.3, 0.4) is 0 Å². The molecule has 4 heteroatoms. The number of aliphatic hydroxyl groups excluding tert-OH is 1. The van der Waals surface area contributed by atoms with E-state index in [1.807, 2.05) is 6.92 Å². The first-order chi connectivity index (χ1) is 6.16. The van der Waals surface area contributed by atoms with Crippen LogP contribution in [0.4, 0.5) is 5.82 Å². The number of hydrogen-bond acceptors (Lipinski definition) is 4. The standard InChI is InChI=1S/C9H13N3O/c1-5-11-8-4-6(13)2-3-7(8)9(10)12-5/h6,13H,2-4H2,1H3,(H2,10,11,12). The van der Waals surface area contributed by atoms with E-state index in [4.69, 9.17) is 5.73 Å². The minimum atomic E-state index is -0.263. The van der Waals surface area contributed by atoms with Crippen molar-refractivity contribution in [1.82, 2.24) is 9.97 Å². The summed E-state index contributed by atoms with van der Waals surface area (Å²) in [5, 5.41) is 9.44. The molecule has 3 N–H and O–H groups in total. The predicted molar refractivity (Wildman–Crippen MR) is 49.2 cm³/mol. The molecule has 1 aliphatic rings. The lowest BCUT2D eigenvalue weighted by Crippen LogP contribution is -2.22. The molecule has 0 spiro atoms. The van der Waals surface area contributed by atoms with Crippen LogP contribution in [0.15, 0.2) is 0 Å². The van der Waals surface area contributed by atoms with Crippen LogP contribution < -0.4 is 5.73 Å². The smallest absolute Gasteiger partial charge is 0.130 e. The molecule has 0 aromatic carbocycles. The van der Waals surface area contributed by atoms with E-state index >= 15 is 0 Å². The molecule has 0 saturated heterocycles. The first-order valence-corrected chi connectivity index (χ1v) is 4.46. The molecule has 1 aromatic rings. The van der Waals surface area contributed by atoms with Gasteiger partial charge < -0.3 is 10.8 Å². The number of rotatable bonds is 0. The fourth-order valence-electron chi connectivity index (χ4n) is 1.75. The molecule has 0 saturated carbocycles. The van der Waals surface area contributed by atoms with Gasteiger partial charge in [-0.1, -0.05) is 0 Å². The Hall–Kier alpha value is -1.16. The summed E-state index contributed by atoms with van der Waals surface area (Å²) >= 11 is 0. The Morgan fingerprint density at radius 3 is 3.00 bits per heavy atom. The summed E-state index contributed by atoms with van der Waals surface area (Å²) in [5.41, 5.74) is 7.70. The van der Waals surface area contributed by atoms with Crippen molar-refractivity contribution in [3.05, 3.63) is 17.1 Å². The van der Waals surface area contributed by atoms with Crippen molar-refractivity contribution in [3.63, 3.8) is 0 Å². The highest BCUT2D eigenvalue weighted by Gasteiger charge is 2.20. The van der Waals surface area contributed by atoms with E-state index < -0.39 is 0 Å². The van der Waals surface area contributed by atoms with Crippen molar-refractivity contribution in [1.29, 1.82) is 0 Å². The molecule has 1 atom stereocenters. The largest absolute Gasteiger partial charge is 0.393 e. The van der Waals surface area contributed by atoms with Crippen LogP contribution in [0, 0.1) is 6.92 Å². The van der Waals surface area contributed by atoms with Gasteiger partial charge in [0.1, 0.15) is 11.6 Å². The van der Waals surface area contributed by atoms with Gasteiger partial charge >= 0.3 is 0 Å². The van der Waals surface area contributed by atoms with E-state index in [1.54, 1.807) is 0 Å². The molecule has 13 heavy (non-hydrogen) atoms. The van der Waals surface area contributed by atoms with Crippen molar-refractivity contribution in [2.45, 2.75) is 32.3 Å². The normalized spacial score (nSPS) is 21.2. The average molecular weight is 179 g/mol. The summed E-state index contributed by atoms with van der Waals surface area (Å²) in [4.78, 5) is 8.37. The number of nitrogens with two attached hydrogens (primary N) is 1. The summed E-state index contributed by atoms with van der Waals surface area (Å²) in [6.45, 7) is 1.82. The Balaban J connectivity index is 2.47. The Kier molecular flexibility index (Phi) is 1.92. The Labute approximate surface area is 76.8 Å². The first kappa shape index (κ1) is 8.44. The SMILES string of the molecule is Cc1nc(N)c2c(n1)CC(O)CC2. The fourth-order valence-corrected chi connectivity index (χ4v) is 1.75. The second-order valence-corrected chi connectivity index (χ2v) is 3.48. The van der Waals surface area contributed by atoms with Crippen LogP contribution in [-0.4, -0.2) is 21.2 Å². The number of aromatic nitrogens is 2. The van der Waals surface area contributed by atoms with Gasteiger partial charge in [0.2, 0.25) is 0 Å². The number of hydrogen-bond donors (Lipinski definition) is 2. The maximum absolute atomic E-state index is 9.44. The third-order valence-electron chi connectivity index (χ3n) is 2.39. The van der Waals surface area contributed by atoms with Gasteiger partial charge in [0, 0.05) is 12.0 Å². The minimum absolute atomic E-state index is 0.263. The molecule has 0 amide bonds. The molecule has 0 fully saturated rings. The van der Waals surface area contributed by atoms with Crippen LogP contribution in [0.25, 0.3) is 0 Å². The van der Waals surface area contributed by atoms with Crippen LogP contribution in [0.2, 0.25) is 0 Å². The molecule has 2 rings (SSSR count). The van der Waals surface area contributed by atoms with Gasteiger partial charge in [0.25, 0.3) is 0 Å². The van der Waals surface area contributed by atoms with E-state index in [0.29, 0.717) is 18.1 Å². The zero-order valence-corrected chi connectivity index (χ0v) is 7.62. The van der Waals surface area contributed by atoms with Gasteiger partial charge in [0.05, 0.1) is 11.8 Å². The topological polar surface area (TPSA) is 72.0 Å². The summed E-state index contributed by atoms with van der Waals surface area (Å²) in [7, 11) is 0. The zero-order chi connectivity index (χ0) is 9.42. The minimum Gasteiger partial charge on any atom is -0.393 e. The molecule has 0 bridgehead atoms. The van der Waals surface area contributed by atoms with Crippen LogP contribution in [-0.2, 0) is 12.8 Å². The van der Waals surface area contributed by atoms with E-state index in [0.717, 1.165) is 24.1 Å². The van der Waals surface area contributed by atoms with E-state index in [1.165, 1.54) is 0 Å². The number of fused-ring (bicyclic) bond motifs is 1. The van der Waals surface area contributed by atoms with E-state index in [2.05, 4.69) is 9.97 Å². The molecule has 4 nitrogen and oxygen atoms in total. The van der Waals surface area contributed by atoms with Gasteiger partial charge in [0.15, 0.2) is 0 Å². The maximum atomic E-state index is 9.44. The average Bonchev–Trinajstić information content (AvgIpc) is 2.02. The van der Waals surface area contributed by atoms with Crippen molar-refractivity contribution < 1.29 is 5.11 Å². The van der Waals surface area contributed by atoms with Gasteiger partial charge in [-0.2, -0.15) is 0 Å². The molecule has 0 aliphatic heterocycles. The summed E-state index contributed by atoms with van der Waals surface area (Å²) in [6.07, 6.45) is 1.91. The molecular weight excluding hydrogens is 166 g/mol. The molecule has 0 radical (unpaired) electrons. The van der Waals surface area contributed by atoms with Crippen LogP contribution in [0.5, 0.6) is 0 Å². The van der Waals surface area contributed by atoms with Crippen molar-refractivity contribution in [3.8, 4) is 0 Å². The van der Waals surface area contributed by atoms with Crippen LogP contribution >= 0.6 is 0 Å². The van der Waals surface area contributed by atoms with Crippen molar-refractivity contribution >= 4 is 5.82 Å². The summed E-state index contributed by atoms with van der Waals surface area (Å²) in [5.74, 6) is 1.26. The van der Waals surface area contributed by atoms with Gasteiger partial charge in [-0.05, 0) is 19.8 Å². The zero-order valence-electron chi connectivity index (χ0n) is 7.62. The molecule has 1 aromatic heterocycles. The highest BCUT2D eigenvalue weighted by molar-refractivity contribution is 5.43. The van der Waals surface area contributed by atoms with Crippen LogP contribution in [0.1, 0.15) is 23.5 Å². The Bertz CT molecular complexity index is 338. The number of anilines is 1. The molecule has 1 unspecified atom stereocenters. The monoisotopic (exact) mass is 179 g/mol. The van der Waals surface area contributed by atoms with Crippen molar-refractivity contribution in [2.24, 2.45) is 0 Å². The fraction of sp³-hybridized carbons (Fsp3) is 0.556. The highest BCUT2D eigenvalue weighted by Crippen LogP contribution is 2.23. The number of nitrogen functional groups attached to an aromatic ring is 1. The van der Waals surface area contributed by atoms with E-state index in [9.17, 15) is 5.11 Å². The second kappa shape index (κ2) is 2.96. The van der Waals surface area contributed by atoms with Gasteiger partial charge in [-0.3, -0.25) is 0 Å². The first-order valence-electron chi connectivity index (χ1n) is 4.46. The van der Waals surface area contributed by atoms with Gasteiger partial charge in [-0.15, -0.1) is 0 Å².